The Kier molecular flexibility index (Phi) is 7.25. The van der Waals surface area contributed by atoms with Crippen molar-refractivity contribution in [1.29, 1.82) is 0 Å². The summed E-state index contributed by atoms with van der Waals surface area (Å²) in [6, 6.07) is 16.3. The maximum Gasteiger partial charge on any atom is 0.334 e. The number of likely N-dealkylation sites (N-methyl/N-ethyl adjacent to an activating group) is 1. The number of hydrazine groups is 1. The van der Waals surface area contributed by atoms with Gasteiger partial charge in [0.15, 0.2) is 0 Å². The highest BCUT2D eigenvalue weighted by Crippen LogP contribution is 2.30. The summed E-state index contributed by atoms with van der Waals surface area (Å²) in [6.45, 7) is 4.89. The third-order valence-electron chi connectivity index (χ3n) is 6.53. The molecule has 4 amide bonds. The van der Waals surface area contributed by atoms with Crippen molar-refractivity contribution in [2.24, 2.45) is 5.92 Å². The molecule has 0 radical (unpaired) electrons. The molecule has 4 rings (SSSR count). The third kappa shape index (κ3) is 5.09. The van der Waals surface area contributed by atoms with E-state index in [0.717, 1.165) is 16.9 Å². The number of amides is 4. The van der Waals surface area contributed by atoms with Gasteiger partial charge < -0.3 is 19.9 Å². The van der Waals surface area contributed by atoms with E-state index in [2.05, 4.69) is 5.32 Å². The van der Waals surface area contributed by atoms with Crippen molar-refractivity contribution >= 4 is 17.8 Å². The third-order valence-corrected chi connectivity index (χ3v) is 6.53. The molecule has 0 saturated carbocycles. The van der Waals surface area contributed by atoms with Gasteiger partial charge in [-0.2, -0.15) is 0 Å². The first kappa shape index (κ1) is 24.5. The molecule has 2 aliphatic heterocycles. The number of carbonyl (C=O) groups is 3. The lowest BCUT2D eigenvalue weighted by molar-refractivity contribution is -0.190. The van der Waals surface area contributed by atoms with Gasteiger partial charge in [0.05, 0.1) is 20.2 Å². The molecular weight excluding hydrogens is 446 g/mol. The summed E-state index contributed by atoms with van der Waals surface area (Å²) < 4.78 is 5.19. The van der Waals surface area contributed by atoms with Crippen LogP contribution in [0.2, 0.25) is 0 Å². The SMILES string of the molecule is COc1ccc(CNC(=O)N2[C@H]3CN(Cc4ccccc4)C(=O)[C@H](C(C)C)N3C(=O)CN2C)cc1. The number of benzene rings is 2. The van der Waals surface area contributed by atoms with Gasteiger partial charge >= 0.3 is 6.03 Å². The molecule has 186 valence electrons. The van der Waals surface area contributed by atoms with E-state index in [9.17, 15) is 14.4 Å². The fraction of sp³-hybridized carbons (Fsp3) is 0.423. The first-order chi connectivity index (χ1) is 16.8. The maximum absolute atomic E-state index is 13.5. The van der Waals surface area contributed by atoms with Crippen LogP contribution in [0.25, 0.3) is 0 Å². The zero-order chi connectivity index (χ0) is 25.1. The quantitative estimate of drug-likeness (QED) is 0.687. The van der Waals surface area contributed by atoms with Gasteiger partial charge in [0.1, 0.15) is 18.0 Å². The van der Waals surface area contributed by atoms with Crippen LogP contribution in [0.3, 0.4) is 0 Å². The number of fused-ring (bicyclic) bond motifs is 1. The first-order valence-corrected chi connectivity index (χ1v) is 11.8. The molecule has 0 aliphatic carbocycles. The number of nitrogens with one attached hydrogen (secondary N) is 1. The van der Waals surface area contributed by atoms with Crippen molar-refractivity contribution in [3.05, 3.63) is 65.7 Å². The van der Waals surface area contributed by atoms with Crippen molar-refractivity contribution in [2.75, 3.05) is 27.2 Å². The van der Waals surface area contributed by atoms with Gasteiger partial charge in [0.2, 0.25) is 11.8 Å². The first-order valence-electron chi connectivity index (χ1n) is 11.8. The number of nitrogens with zero attached hydrogens (tertiary/aromatic N) is 4. The minimum absolute atomic E-state index is 0.0294. The Balaban J connectivity index is 1.57. The highest BCUT2D eigenvalue weighted by molar-refractivity contribution is 5.91. The lowest BCUT2D eigenvalue weighted by Gasteiger charge is -2.55. The topological polar surface area (TPSA) is 85.4 Å². The molecule has 2 fully saturated rings. The molecule has 2 aromatic carbocycles. The molecule has 0 spiro atoms. The van der Waals surface area contributed by atoms with E-state index in [4.69, 9.17) is 4.74 Å². The predicted molar refractivity (Wildman–Crippen MR) is 131 cm³/mol. The summed E-state index contributed by atoms with van der Waals surface area (Å²) in [6.07, 6.45) is -0.592. The van der Waals surface area contributed by atoms with E-state index in [1.807, 2.05) is 68.4 Å². The number of hydrogen-bond donors (Lipinski definition) is 1. The second-order valence-corrected chi connectivity index (χ2v) is 9.34. The van der Waals surface area contributed by atoms with E-state index in [1.54, 1.807) is 34.0 Å². The van der Waals surface area contributed by atoms with E-state index in [1.165, 1.54) is 0 Å². The summed E-state index contributed by atoms with van der Waals surface area (Å²) in [7, 11) is 3.33. The highest BCUT2D eigenvalue weighted by atomic mass is 16.5. The van der Waals surface area contributed by atoms with E-state index in [-0.39, 0.29) is 36.9 Å². The van der Waals surface area contributed by atoms with Gasteiger partial charge in [0, 0.05) is 20.1 Å². The smallest absolute Gasteiger partial charge is 0.334 e. The molecule has 2 aliphatic rings. The van der Waals surface area contributed by atoms with Gasteiger partial charge in [-0.1, -0.05) is 56.3 Å². The molecular formula is C26H33N5O4. The van der Waals surface area contributed by atoms with Gasteiger partial charge in [-0.25, -0.2) is 14.8 Å². The fourth-order valence-electron chi connectivity index (χ4n) is 4.81. The maximum atomic E-state index is 13.5. The number of urea groups is 1. The lowest BCUT2D eigenvalue weighted by Crippen LogP contribution is -2.76. The molecule has 2 atom stereocenters. The Hall–Kier alpha value is -3.59. The largest absolute Gasteiger partial charge is 0.497 e. The molecule has 2 saturated heterocycles. The summed E-state index contributed by atoms with van der Waals surface area (Å²) >= 11 is 0. The van der Waals surface area contributed by atoms with Crippen molar-refractivity contribution in [3.8, 4) is 5.75 Å². The standard InChI is InChI=1S/C26H33N5O4/c1-18(2)24-25(33)29(15-20-8-6-5-7-9-20)16-22-30(24)23(32)17-28(3)31(22)26(34)27-14-19-10-12-21(35-4)13-11-19/h5-13,18,22,24H,14-17H2,1-4H3,(H,27,34)/t22-,24-/m0/s1. The number of carbonyl (C=O) groups excluding carboxylic acids is 3. The van der Waals surface area contributed by atoms with Crippen molar-refractivity contribution in [1.82, 2.24) is 25.1 Å². The van der Waals surface area contributed by atoms with Crippen LogP contribution >= 0.6 is 0 Å². The molecule has 2 heterocycles. The number of ether oxygens (including phenoxy) is 1. The Labute approximate surface area is 206 Å². The van der Waals surface area contributed by atoms with Crippen molar-refractivity contribution in [3.63, 3.8) is 0 Å². The van der Waals surface area contributed by atoms with Crippen LogP contribution in [0.4, 0.5) is 4.79 Å². The van der Waals surface area contributed by atoms with Crippen LogP contribution in [0.15, 0.2) is 54.6 Å². The van der Waals surface area contributed by atoms with Gasteiger partial charge in [0.25, 0.3) is 0 Å². The van der Waals surface area contributed by atoms with Gasteiger partial charge in [-0.15, -0.1) is 0 Å². The summed E-state index contributed by atoms with van der Waals surface area (Å²) in [4.78, 5) is 43.4. The molecule has 0 aromatic heterocycles. The Morgan fingerprint density at radius 3 is 2.37 bits per heavy atom. The lowest BCUT2D eigenvalue weighted by atomic mass is 9.96. The van der Waals surface area contributed by atoms with E-state index < -0.39 is 12.2 Å². The molecule has 0 unspecified atom stereocenters. The second-order valence-electron chi connectivity index (χ2n) is 9.34. The van der Waals surface area contributed by atoms with Crippen molar-refractivity contribution in [2.45, 2.75) is 39.1 Å². The molecule has 35 heavy (non-hydrogen) atoms. The number of piperazine rings is 1. The van der Waals surface area contributed by atoms with Gasteiger partial charge in [-0.3, -0.25) is 9.59 Å². The summed E-state index contributed by atoms with van der Waals surface area (Å²) in [5, 5.41) is 6.18. The summed E-state index contributed by atoms with van der Waals surface area (Å²) in [5.74, 6) is 0.412. The van der Waals surface area contributed by atoms with Crippen LogP contribution in [0.1, 0.15) is 25.0 Å². The van der Waals surface area contributed by atoms with E-state index in [0.29, 0.717) is 13.1 Å². The van der Waals surface area contributed by atoms with E-state index >= 15 is 0 Å². The van der Waals surface area contributed by atoms with Crippen molar-refractivity contribution < 1.29 is 19.1 Å². The molecule has 2 aromatic rings. The summed E-state index contributed by atoms with van der Waals surface area (Å²) in [5.41, 5.74) is 1.93. The number of rotatable bonds is 6. The monoisotopic (exact) mass is 479 g/mol. The average molecular weight is 480 g/mol. The van der Waals surface area contributed by atoms with Crippen LogP contribution in [-0.2, 0) is 22.7 Å². The van der Waals surface area contributed by atoms with Crippen LogP contribution in [0.5, 0.6) is 5.75 Å². The second kappa shape index (κ2) is 10.4. The molecule has 9 heteroatoms. The van der Waals surface area contributed by atoms with Gasteiger partial charge in [-0.05, 0) is 29.2 Å². The Morgan fingerprint density at radius 2 is 1.74 bits per heavy atom. The normalized spacial score (nSPS) is 20.8. The highest BCUT2D eigenvalue weighted by Gasteiger charge is 2.51. The van der Waals surface area contributed by atoms with Crippen LogP contribution in [-0.4, -0.2) is 77.1 Å². The Morgan fingerprint density at radius 1 is 1.06 bits per heavy atom. The average Bonchev–Trinajstić information content (AvgIpc) is 2.84. The van der Waals surface area contributed by atoms with Crippen LogP contribution < -0.4 is 10.1 Å². The predicted octanol–water partition coefficient (Wildman–Crippen LogP) is 2.29. The molecule has 0 bridgehead atoms. The zero-order valence-electron chi connectivity index (χ0n) is 20.7. The Bertz CT molecular complexity index is 1060. The minimum Gasteiger partial charge on any atom is -0.497 e. The number of hydrogen-bond acceptors (Lipinski definition) is 5. The zero-order valence-corrected chi connectivity index (χ0v) is 20.7. The minimum atomic E-state index is -0.629. The molecule has 1 N–H and O–H groups in total. The fourth-order valence-corrected chi connectivity index (χ4v) is 4.81. The number of methoxy groups -OCH3 is 1. The van der Waals surface area contributed by atoms with Crippen LogP contribution in [0, 0.1) is 5.92 Å². The molecule has 9 nitrogen and oxygen atoms in total.